The molecule has 0 bridgehead atoms. The summed E-state index contributed by atoms with van der Waals surface area (Å²) in [6.07, 6.45) is 1.17. The molecule has 0 heterocycles. The zero-order valence-electron chi connectivity index (χ0n) is 12.0. The van der Waals surface area contributed by atoms with Gasteiger partial charge < -0.3 is 0 Å². The third kappa shape index (κ3) is 1.48. The molecule has 98 valence electrons. The van der Waals surface area contributed by atoms with Crippen molar-refractivity contribution >= 4 is 10.8 Å². The third-order valence-electron chi connectivity index (χ3n) is 4.60. The lowest BCUT2D eigenvalue weighted by Gasteiger charge is -2.11. The summed E-state index contributed by atoms with van der Waals surface area (Å²) >= 11 is 0. The molecule has 1 atom stereocenters. The zero-order chi connectivity index (χ0) is 13.7. The van der Waals surface area contributed by atoms with Crippen molar-refractivity contribution in [3.63, 3.8) is 0 Å². The third-order valence-corrected chi connectivity index (χ3v) is 4.60. The van der Waals surface area contributed by atoms with Crippen LogP contribution in [0.25, 0.3) is 21.9 Å². The first-order chi connectivity index (χ1) is 9.79. The monoisotopic (exact) mass is 258 g/mol. The van der Waals surface area contributed by atoms with Crippen LogP contribution in [0, 0.1) is 6.92 Å². The molecular weight excluding hydrogens is 240 g/mol. The van der Waals surface area contributed by atoms with Crippen molar-refractivity contribution in [3.8, 4) is 11.1 Å². The van der Waals surface area contributed by atoms with Crippen LogP contribution in [0.15, 0.2) is 54.6 Å². The SMILES string of the molecule is CCC1c2ccc(C)cc2-c2c1ccc1ccccc21. The summed E-state index contributed by atoms with van der Waals surface area (Å²) in [5.41, 5.74) is 7.27. The normalized spacial score (nSPS) is 16.2. The molecule has 20 heavy (non-hydrogen) atoms. The van der Waals surface area contributed by atoms with Crippen LogP contribution in [0.5, 0.6) is 0 Å². The molecule has 0 saturated carbocycles. The zero-order valence-corrected chi connectivity index (χ0v) is 12.0. The lowest BCUT2D eigenvalue weighted by molar-refractivity contribution is 0.797. The van der Waals surface area contributed by atoms with E-state index in [1.807, 2.05) is 0 Å². The van der Waals surface area contributed by atoms with Gasteiger partial charge >= 0.3 is 0 Å². The topological polar surface area (TPSA) is 0 Å². The molecule has 0 amide bonds. The Morgan fingerprint density at radius 2 is 1.70 bits per heavy atom. The summed E-state index contributed by atoms with van der Waals surface area (Å²) in [7, 11) is 0. The number of benzene rings is 3. The van der Waals surface area contributed by atoms with E-state index in [9.17, 15) is 0 Å². The number of hydrogen-bond donors (Lipinski definition) is 0. The highest BCUT2D eigenvalue weighted by Gasteiger charge is 2.28. The van der Waals surface area contributed by atoms with Crippen LogP contribution in [-0.4, -0.2) is 0 Å². The van der Waals surface area contributed by atoms with Crippen LogP contribution >= 0.6 is 0 Å². The molecule has 0 nitrogen and oxygen atoms in total. The van der Waals surface area contributed by atoms with Gasteiger partial charge in [0.1, 0.15) is 0 Å². The summed E-state index contributed by atoms with van der Waals surface area (Å²) in [5, 5.41) is 2.74. The van der Waals surface area contributed by atoms with Gasteiger partial charge in [0.05, 0.1) is 0 Å². The summed E-state index contributed by atoms with van der Waals surface area (Å²) in [5.74, 6) is 0.560. The average molecular weight is 258 g/mol. The van der Waals surface area contributed by atoms with E-state index in [1.165, 1.54) is 45.0 Å². The Morgan fingerprint density at radius 3 is 2.55 bits per heavy atom. The molecule has 4 rings (SSSR count). The molecule has 0 fully saturated rings. The molecule has 0 N–H and O–H groups in total. The Labute approximate surface area is 120 Å². The maximum atomic E-state index is 2.36. The van der Waals surface area contributed by atoms with Crippen LogP contribution in [0.1, 0.15) is 36.0 Å². The van der Waals surface area contributed by atoms with Crippen LogP contribution in [0.2, 0.25) is 0 Å². The smallest absolute Gasteiger partial charge is 0.00992 e. The largest absolute Gasteiger partial charge is 0.0645 e. The van der Waals surface area contributed by atoms with E-state index in [2.05, 4.69) is 68.4 Å². The number of rotatable bonds is 1. The second-order valence-corrected chi connectivity index (χ2v) is 5.80. The van der Waals surface area contributed by atoms with Gasteiger partial charge in [0.2, 0.25) is 0 Å². The minimum Gasteiger partial charge on any atom is -0.0645 e. The molecule has 0 heteroatoms. The van der Waals surface area contributed by atoms with Crippen molar-refractivity contribution in [2.24, 2.45) is 0 Å². The van der Waals surface area contributed by atoms with Crippen LogP contribution < -0.4 is 0 Å². The van der Waals surface area contributed by atoms with Gasteiger partial charge in [-0.1, -0.05) is 67.1 Å². The molecule has 1 aliphatic rings. The summed E-state index contributed by atoms with van der Waals surface area (Å²) in [4.78, 5) is 0. The standard InChI is InChI=1S/C20H18/c1-3-15-17-10-8-13(2)12-19(17)20-16-7-5-4-6-14(16)9-11-18(15)20/h4-12,15H,3H2,1-2H3. The second-order valence-electron chi connectivity index (χ2n) is 5.80. The van der Waals surface area contributed by atoms with Gasteiger partial charge in [-0.25, -0.2) is 0 Å². The predicted octanol–water partition coefficient (Wildman–Crippen LogP) is 5.67. The van der Waals surface area contributed by atoms with E-state index in [0.717, 1.165) is 0 Å². The van der Waals surface area contributed by atoms with Crippen LogP contribution in [0.3, 0.4) is 0 Å². The van der Waals surface area contributed by atoms with Gasteiger partial charge in [-0.05, 0) is 46.4 Å². The minimum atomic E-state index is 0.560. The average Bonchev–Trinajstić information content (AvgIpc) is 2.80. The Bertz CT molecular complexity index is 811. The second kappa shape index (κ2) is 4.21. The quantitative estimate of drug-likeness (QED) is 0.527. The molecular formula is C20H18. The number of hydrogen-bond acceptors (Lipinski definition) is 0. The Balaban J connectivity index is 2.15. The van der Waals surface area contributed by atoms with Crippen molar-refractivity contribution in [1.82, 2.24) is 0 Å². The van der Waals surface area contributed by atoms with Crippen molar-refractivity contribution in [1.29, 1.82) is 0 Å². The van der Waals surface area contributed by atoms with Gasteiger partial charge in [-0.15, -0.1) is 0 Å². The van der Waals surface area contributed by atoms with Gasteiger partial charge in [-0.3, -0.25) is 0 Å². The summed E-state index contributed by atoms with van der Waals surface area (Å²) in [6, 6.07) is 20.3. The van der Waals surface area contributed by atoms with Gasteiger partial charge in [0.15, 0.2) is 0 Å². The summed E-state index contributed by atoms with van der Waals surface area (Å²) in [6.45, 7) is 4.48. The molecule has 3 aromatic carbocycles. The van der Waals surface area contributed by atoms with Gasteiger partial charge in [-0.2, -0.15) is 0 Å². The van der Waals surface area contributed by atoms with E-state index in [4.69, 9.17) is 0 Å². The highest BCUT2D eigenvalue weighted by Crippen LogP contribution is 2.49. The molecule has 1 unspecified atom stereocenters. The molecule has 3 aromatic rings. The molecule has 0 aromatic heterocycles. The first-order valence-corrected chi connectivity index (χ1v) is 7.42. The van der Waals surface area contributed by atoms with E-state index >= 15 is 0 Å². The van der Waals surface area contributed by atoms with Gasteiger partial charge in [0.25, 0.3) is 0 Å². The molecule has 0 saturated heterocycles. The first kappa shape index (κ1) is 11.7. The van der Waals surface area contributed by atoms with Gasteiger partial charge in [0, 0.05) is 5.92 Å². The highest BCUT2D eigenvalue weighted by molar-refractivity contribution is 6.01. The van der Waals surface area contributed by atoms with Crippen LogP contribution in [-0.2, 0) is 0 Å². The fourth-order valence-corrected chi connectivity index (χ4v) is 3.68. The fourth-order valence-electron chi connectivity index (χ4n) is 3.68. The van der Waals surface area contributed by atoms with Crippen molar-refractivity contribution in [2.45, 2.75) is 26.2 Å². The maximum absolute atomic E-state index is 2.36. The molecule has 0 radical (unpaired) electrons. The molecule has 1 aliphatic carbocycles. The molecule has 0 spiro atoms. The van der Waals surface area contributed by atoms with E-state index < -0.39 is 0 Å². The van der Waals surface area contributed by atoms with E-state index in [1.54, 1.807) is 0 Å². The predicted molar refractivity (Wildman–Crippen MR) is 86.3 cm³/mol. The van der Waals surface area contributed by atoms with E-state index in [-0.39, 0.29) is 0 Å². The minimum absolute atomic E-state index is 0.560. The van der Waals surface area contributed by atoms with Crippen molar-refractivity contribution < 1.29 is 0 Å². The van der Waals surface area contributed by atoms with Crippen molar-refractivity contribution in [3.05, 3.63) is 71.3 Å². The van der Waals surface area contributed by atoms with Crippen molar-refractivity contribution in [2.75, 3.05) is 0 Å². The summed E-state index contributed by atoms with van der Waals surface area (Å²) < 4.78 is 0. The molecule has 0 aliphatic heterocycles. The highest BCUT2D eigenvalue weighted by atomic mass is 14.3. The lowest BCUT2D eigenvalue weighted by Crippen LogP contribution is -1.93. The Hall–Kier alpha value is -2.08. The maximum Gasteiger partial charge on any atom is 0.00992 e. The Morgan fingerprint density at radius 1 is 0.900 bits per heavy atom. The van der Waals surface area contributed by atoms with Crippen LogP contribution in [0.4, 0.5) is 0 Å². The first-order valence-electron chi connectivity index (χ1n) is 7.42. The number of aryl methyl sites for hydroxylation is 1. The Kier molecular flexibility index (Phi) is 2.47. The fraction of sp³-hybridized carbons (Fsp3) is 0.200. The van der Waals surface area contributed by atoms with E-state index in [0.29, 0.717) is 5.92 Å². The lowest BCUT2D eigenvalue weighted by atomic mass is 9.93. The number of fused-ring (bicyclic) bond motifs is 5.